The van der Waals surface area contributed by atoms with Gasteiger partial charge in [0, 0.05) is 6.04 Å². The molecule has 0 radical (unpaired) electrons. The molecule has 2 heterocycles. The lowest BCUT2D eigenvalue weighted by atomic mass is 10.2. The molecule has 10 heteroatoms. The fraction of sp³-hybridized carbons (Fsp3) is 0.500. The molecule has 1 unspecified atom stereocenters. The number of carbonyl (C=O) groups is 1. The van der Waals surface area contributed by atoms with Gasteiger partial charge in [0.25, 0.3) is 10.0 Å². The Morgan fingerprint density at radius 1 is 1.50 bits per heavy atom. The highest BCUT2D eigenvalue weighted by atomic mass is 32.2. The zero-order valence-electron chi connectivity index (χ0n) is 10.3. The Bertz CT molecular complexity index is 691. The van der Waals surface area contributed by atoms with Gasteiger partial charge < -0.3 is 5.11 Å². The van der Waals surface area contributed by atoms with Crippen LogP contribution in [0.15, 0.2) is 21.7 Å². The number of carboxylic acids is 1. The Morgan fingerprint density at radius 3 is 2.65 bits per heavy atom. The van der Waals surface area contributed by atoms with Crippen LogP contribution in [0.1, 0.15) is 6.42 Å². The van der Waals surface area contributed by atoms with Gasteiger partial charge in [-0.05, 0) is 17.9 Å². The lowest BCUT2D eigenvalue weighted by Gasteiger charge is -2.24. The average molecular weight is 339 g/mol. The summed E-state index contributed by atoms with van der Waals surface area (Å²) in [5.41, 5.74) is 0. The van der Waals surface area contributed by atoms with Crippen molar-refractivity contribution in [1.29, 1.82) is 0 Å². The van der Waals surface area contributed by atoms with E-state index in [9.17, 15) is 21.6 Å². The third-order valence-corrected chi connectivity index (χ3v) is 7.99. The minimum absolute atomic E-state index is 0.0167. The summed E-state index contributed by atoms with van der Waals surface area (Å²) in [6, 6.07) is 2.10. The molecule has 0 aromatic carbocycles. The summed E-state index contributed by atoms with van der Waals surface area (Å²) >= 11 is 0.972. The standard InChI is InChI=1S/C10H13NO6S3/c12-9(13)6-11(8-3-5-19(14,15)7-8)20(16,17)10-2-1-4-18-10/h1-2,4,8H,3,5-7H2,(H,12,13). The first-order valence-electron chi connectivity index (χ1n) is 5.70. The molecule has 1 aromatic rings. The molecule has 1 atom stereocenters. The third-order valence-electron chi connectivity index (χ3n) is 2.96. The Labute approximate surface area is 120 Å². The molecule has 1 saturated heterocycles. The van der Waals surface area contributed by atoms with E-state index < -0.39 is 38.4 Å². The van der Waals surface area contributed by atoms with Gasteiger partial charge in [-0.15, -0.1) is 11.3 Å². The van der Waals surface area contributed by atoms with Crippen LogP contribution in [0.5, 0.6) is 0 Å². The molecular formula is C10H13NO6S3. The summed E-state index contributed by atoms with van der Waals surface area (Å²) in [6.45, 7) is -0.736. The molecule has 0 aliphatic carbocycles. The zero-order valence-corrected chi connectivity index (χ0v) is 12.7. The van der Waals surface area contributed by atoms with Gasteiger partial charge in [-0.2, -0.15) is 4.31 Å². The van der Waals surface area contributed by atoms with E-state index in [4.69, 9.17) is 5.11 Å². The summed E-state index contributed by atoms with van der Waals surface area (Å²) < 4.78 is 48.6. The van der Waals surface area contributed by atoms with Crippen molar-refractivity contribution in [3.63, 3.8) is 0 Å². The van der Waals surface area contributed by atoms with E-state index in [2.05, 4.69) is 0 Å². The minimum atomic E-state index is -3.98. The van der Waals surface area contributed by atoms with E-state index in [-0.39, 0.29) is 22.1 Å². The van der Waals surface area contributed by atoms with Crippen molar-refractivity contribution in [2.45, 2.75) is 16.7 Å². The van der Waals surface area contributed by atoms with Gasteiger partial charge in [0.1, 0.15) is 10.8 Å². The Balaban J connectivity index is 2.36. The largest absolute Gasteiger partial charge is 0.480 e. The first-order chi connectivity index (χ1) is 9.22. The number of aliphatic carboxylic acids is 1. The molecule has 112 valence electrons. The third kappa shape index (κ3) is 3.19. The minimum Gasteiger partial charge on any atom is -0.480 e. The van der Waals surface area contributed by atoms with Gasteiger partial charge >= 0.3 is 5.97 Å². The van der Waals surface area contributed by atoms with Crippen LogP contribution < -0.4 is 0 Å². The number of hydrogen-bond acceptors (Lipinski definition) is 6. The van der Waals surface area contributed by atoms with E-state index in [1.54, 1.807) is 11.4 Å². The number of thiophene rings is 1. The molecule has 0 amide bonds. The molecule has 1 fully saturated rings. The highest BCUT2D eigenvalue weighted by Crippen LogP contribution is 2.27. The molecule has 0 bridgehead atoms. The lowest BCUT2D eigenvalue weighted by Crippen LogP contribution is -2.43. The molecule has 1 aromatic heterocycles. The number of sulfonamides is 1. The van der Waals surface area contributed by atoms with Crippen LogP contribution in [0, 0.1) is 0 Å². The molecule has 0 saturated carbocycles. The second kappa shape index (κ2) is 5.43. The van der Waals surface area contributed by atoms with Crippen molar-refractivity contribution in [3.8, 4) is 0 Å². The first kappa shape index (κ1) is 15.4. The van der Waals surface area contributed by atoms with Crippen molar-refractivity contribution < 1.29 is 26.7 Å². The highest BCUT2D eigenvalue weighted by Gasteiger charge is 2.40. The van der Waals surface area contributed by atoms with Crippen LogP contribution in [0.25, 0.3) is 0 Å². The number of rotatable bonds is 5. The van der Waals surface area contributed by atoms with Gasteiger partial charge in [-0.25, -0.2) is 16.8 Å². The zero-order chi connectivity index (χ0) is 15.0. The average Bonchev–Trinajstić information content (AvgIpc) is 2.94. The highest BCUT2D eigenvalue weighted by molar-refractivity contribution is 7.92. The number of nitrogens with zero attached hydrogens (tertiary/aromatic N) is 1. The Hall–Kier alpha value is -0.970. The Kier molecular flexibility index (Phi) is 4.19. The maximum absolute atomic E-state index is 12.4. The van der Waals surface area contributed by atoms with Crippen LogP contribution in [0.3, 0.4) is 0 Å². The van der Waals surface area contributed by atoms with Crippen LogP contribution in [0.2, 0.25) is 0 Å². The number of carboxylic acid groups (broad SMARTS) is 1. The van der Waals surface area contributed by atoms with Crippen molar-refractivity contribution in [1.82, 2.24) is 4.31 Å². The second-order valence-electron chi connectivity index (χ2n) is 4.43. The van der Waals surface area contributed by atoms with Crippen molar-refractivity contribution >= 4 is 37.2 Å². The van der Waals surface area contributed by atoms with Crippen molar-refractivity contribution in [3.05, 3.63) is 17.5 Å². The molecule has 0 spiro atoms. The van der Waals surface area contributed by atoms with E-state index >= 15 is 0 Å². The van der Waals surface area contributed by atoms with Crippen molar-refractivity contribution in [2.75, 3.05) is 18.1 Å². The molecule has 1 aliphatic heterocycles. The quantitative estimate of drug-likeness (QED) is 0.809. The molecule has 20 heavy (non-hydrogen) atoms. The van der Waals surface area contributed by atoms with Gasteiger partial charge in [-0.1, -0.05) is 6.07 Å². The normalized spacial score (nSPS) is 22.1. The molecule has 2 rings (SSSR count). The maximum atomic E-state index is 12.4. The number of hydrogen-bond donors (Lipinski definition) is 1. The molecule has 7 nitrogen and oxygen atoms in total. The molecular weight excluding hydrogens is 326 g/mol. The number of sulfone groups is 1. The summed E-state index contributed by atoms with van der Waals surface area (Å²) in [5, 5.41) is 10.4. The van der Waals surface area contributed by atoms with Crippen LogP contribution in [-0.4, -0.2) is 56.3 Å². The van der Waals surface area contributed by atoms with Crippen LogP contribution >= 0.6 is 11.3 Å². The van der Waals surface area contributed by atoms with Gasteiger partial charge in [0.05, 0.1) is 11.5 Å². The predicted molar refractivity (Wildman–Crippen MR) is 72.9 cm³/mol. The van der Waals surface area contributed by atoms with Gasteiger partial charge in [0.15, 0.2) is 9.84 Å². The molecule has 1 N–H and O–H groups in total. The predicted octanol–water partition coefficient (Wildman–Crippen LogP) is 0.0105. The van der Waals surface area contributed by atoms with E-state index in [1.807, 2.05) is 0 Å². The fourth-order valence-corrected chi connectivity index (χ4v) is 6.62. The summed E-state index contributed by atoms with van der Waals surface area (Å²) in [5.74, 6) is -1.76. The lowest BCUT2D eigenvalue weighted by molar-refractivity contribution is -0.137. The second-order valence-corrected chi connectivity index (χ2v) is 9.73. The smallest absolute Gasteiger partial charge is 0.318 e. The van der Waals surface area contributed by atoms with Crippen LogP contribution in [0.4, 0.5) is 0 Å². The summed E-state index contributed by atoms with van der Waals surface area (Å²) in [6.07, 6.45) is 0.125. The summed E-state index contributed by atoms with van der Waals surface area (Å²) in [7, 11) is -7.28. The Morgan fingerprint density at radius 2 is 2.20 bits per heavy atom. The summed E-state index contributed by atoms with van der Waals surface area (Å²) in [4.78, 5) is 10.9. The van der Waals surface area contributed by atoms with E-state index in [0.717, 1.165) is 15.6 Å². The van der Waals surface area contributed by atoms with Gasteiger partial charge in [0.2, 0.25) is 0 Å². The van der Waals surface area contributed by atoms with Crippen molar-refractivity contribution in [2.24, 2.45) is 0 Å². The topological polar surface area (TPSA) is 109 Å². The fourth-order valence-electron chi connectivity index (χ4n) is 2.07. The first-order valence-corrected chi connectivity index (χ1v) is 9.84. The molecule has 1 aliphatic rings. The van der Waals surface area contributed by atoms with Crippen LogP contribution in [-0.2, 0) is 24.7 Å². The maximum Gasteiger partial charge on any atom is 0.318 e. The monoisotopic (exact) mass is 339 g/mol. The van der Waals surface area contributed by atoms with E-state index in [1.165, 1.54) is 6.07 Å². The van der Waals surface area contributed by atoms with E-state index in [0.29, 0.717) is 0 Å². The van der Waals surface area contributed by atoms with Gasteiger partial charge in [-0.3, -0.25) is 4.79 Å². The SMILES string of the molecule is O=C(O)CN(C1CCS(=O)(=O)C1)S(=O)(=O)c1cccs1.